The van der Waals surface area contributed by atoms with E-state index in [1.165, 1.54) is 6.07 Å². The number of alkyl halides is 3. The number of Topliss-reactive ketones (excluding diaryl/α,β-unsaturated/α-hetero) is 1. The number of carbonyl (C=O) groups excluding carboxylic acids is 1. The summed E-state index contributed by atoms with van der Waals surface area (Å²) in [6, 6.07) is 11.1. The fourth-order valence-electron chi connectivity index (χ4n) is 2.22. The van der Waals surface area contributed by atoms with E-state index >= 15 is 0 Å². The van der Waals surface area contributed by atoms with E-state index in [2.05, 4.69) is 15.7 Å². The van der Waals surface area contributed by atoms with Crippen LogP contribution in [0.5, 0.6) is 0 Å². The number of hydrazone groups is 1. The second-order valence-corrected chi connectivity index (χ2v) is 5.64. The lowest BCUT2D eigenvalue weighted by Gasteiger charge is -2.10. The number of para-hydroxylation sites is 1. The number of nitriles is 1. The van der Waals surface area contributed by atoms with Crippen molar-refractivity contribution in [3.8, 4) is 6.07 Å². The minimum atomic E-state index is -4.66. The molecule has 10 heteroatoms. The Hall–Kier alpha value is -3.38. The summed E-state index contributed by atoms with van der Waals surface area (Å²) in [4.78, 5) is 12.4. The van der Waals surface area contributed by atoms with Crippen LogP contribution in [0.25, 0.3) is 11.0 Å². The molecule has 0 atom stereocenters. The summed E-state index contributed by atoms with van der Waals surface area (Å²) in [7, 11) is 0. The number of nitrogens with zero attached hydrogens (tertiary/aromatic N) is 3. The van der Waals surface area contributed by atoms with Crippen LogP contribution in [0.2, 0.25) is 5.02 Å². The Kier molecular flexibility index (Phi) is 4.83. The number of halogens is 4. The molecule has 1 heterocycles. The SMILES string of the molecule is N#CC(=NNc1ccc(Cl)c(C(F)(F)F)c1)C(=O)c1noc2ccccc12. The topological polar surface area (TPSA) is 91.3 Å². The van der Waals surface area contributed by atoms with E-state index in [1.54, 1.807) is 30.3 Å². The first-order valence-corrected chi connectivity index (χ1v) is 7.68. The molecular weight excluding hydrogens is 385 g/mol. The molecule has 0 aliphatic rings. The van der Waals surface area contributed by atoms with Gasteiger partial charge in [-0.1, -0.05) is 28.9 Å². The monoisotopic (exact) mass is 392 g/mol. The van der Waals surface area contributed by atoms with Crippen molar-refractivity contribution in [1.82, 2.24) is 5.16 Å². The number of hydrogen-bond acceptors (Lipinski definition) is 6. The van der Waals surface area contributed by atoms with Gasteiger partial charge in [0.25, 0.3) is 0 Å². The number of ketones is 1. The maximum absolute atomic E-state index is 12.9. The van der Waals surface area contributed by atoms with Gasteiger partial charge in [-0.2, -0.15) is 23.5 Å². The predicted octanol–water partition coefficient (Wildman–Crippen LogP) is 4.67. The normalized spacial score (nSPS) is 12.0. The molecule has 0 saturated heterocycles. The van der Waals surface area contributed by atoms with Gasteiger partial charge in [0.15, 0.2) is 11.3 Å². The number of rotatable bonds is 4. The molecule has 0 saturated carbocycles. The zero-order chi connectivity index (χ0) is 19.6. The summed E-state index contributed by atoms with van der Waals surface area (Å²) >= 11 is 5.54. The number of benzene rings is 2. The minimum absolute atomic E-state index is 0.0997. The number of aromatic nitrogens is 1. The fourth-order valence-corrected chi connectivity index (χ4v) is 2.45. The smallest absolute Gasteiger partial charge is 0.356 e. The van der Waals surface area contributed by atoms with Crippen LogP contribution in [0, 0.1) is 11.3 Å². The summed E-state index contributed by atoms with van der Waals surface area (Å²) in [6.07, 6.45) is -4.66. The standard InChI is InChI=1S/C17H8ClF3N4O2/c18-12-6-5-9(7-11(12)17(19,20)21)23-24-13(8-22)16(26)15-10-3-1-2-4-14(10)27-25-15/h1-7,23H. The molecule has 27 heavy (non-hydrogen) atoms. The third-order valence-corrected chi connectivity index (χ3v) is 3.81. The molecule has 0 spiro atoms. The van der Waals surface area contributed by atoms with Gasteiger partial charge in [0.2, 0.25) is 11.5 Å². The molecule has 0 aliphatic heterocycles. The van der Waals surface area contributed by atoms with E-state index < -0.39 is 28.3 Å². The summed E-state index contributed by atoms with van der Waals surface area (Å²) in [5, 5.41) is 16.3. The Labute approximate surface area is 154 Å². The molecule has 1 aromatic heterocycles. The highest BCUT2D eigenvalue weighted by Crippen LogP contribution is 2.36. The van der Waals surface area contributed by atoms with Crippen LogP contribution in [0.15, 0.2) is 52.1 Å². The lowest BCUT2D eigenvalue weighted by atomic mass is 10.1. The van der Waals surface area contributed by atoms with Crippen LogP contribution < -0.4 is 5.43 Å². The van der Waals surface area contributed by atoms with Gasteiger partial charge >= 0.3 is 6.18 Å². The van der Waals surface area contributed by atoms with Crippen molar-refractivity contribution in [2.45, 2.75) is 6.18 Å². The van der Waals surface area contributed by atoms with E-state index in [0.717, 1.165) is 12.1 Å². The number of hydrogen-bond donors (Lipinski definition) is 1. The van der Waals surface area contributed by atoms with Gasteiger partial charge in [0, 0.05) is 0 Å². The fraction of sp³-hybridized carbons (Fsp3) is 0.0588. The Morgan fingerprint density at radius 1 is 1.26 bits per heavy atom. The first-order chi connectivity index (χ1) is 12.8. The average Bonchev–Trinajstić information content (AvgIpc) is 3.06. The van der Waals surface area contributed by atoms with Crippen molar-refractivity contribution < 1.29 is 22.5 Å². The van der Waals surface area contributed by atoms with E-state index in [9.17, 15) is 23.2 Å². The summed E-state index contributed by atoms with van der Waals surface area (Å²) in [5.74, 6) is -0.833. The van der Waals surface area contributed by atoms with Gasteiger partial charge in [-0.3, -0.25) is 10.2 Å². The van der Waals surface area contributed by atoms with Crippen molar-refractivity contribution in [2.24, 2.45) is 5.10 Å². The van der Waals surface area contributed by atoms with E-state index in [-0.39, 0.29) is 11.4 Å². The van der Waals surface area contributed by atoms with Crippen molar-refractivity contribution in [3.63, 3.8) is 0 Å². The Morgan fingerprint density at radius 3 is 2.70 bits per heavy atom. The highest BCUT2D eigenvalue weighted by molar-refractivity contribution is 6.52. The average molecular weight is 393 g/mol. The maximum Gasteiger partial charge on any atom is 0.417 e. The molecule has 136 valence electrons. The van der Waals surface area contributed by atoms with Crippen LogP contribution in [0.3, 0.4) is 0 Å². The van der Waals surface area contributed by atoms with E-state index in [4.69, 9.17) is 16.1 Å². The van der Waals surface area contributed by atoms with Gasteiger partial charge in [0.05, 0.1) is 21.7 Å². The quantitative estimate of drug-likeness (QED) is 0.395. The van der Waals surface area contributed by atoms with E-state index in [0.29, 0.717) is 11.0 Å². The Morgan fingerprint density at radius 2 is 2.00 bits per heavy atom. The van der Waals surface area contributed by atoms with Crippen LogP contribution >= 0.6 is 11.6 Å². The molecule has 3 aromatic rings. The van der Waals surface area contributed by atoms with Gasteiger partial charge in [-0.25, -0.2) is 0 Å². The van der Waals surface area contributed by atoms with E-state index in [1.807, 2.05) is 0 Å². The van der Waals surface area contributed by atoms with Crippen LogP contribution in [-0.2, 0) is 6.18 Å². The Balaban J connectivity index is 1.89. The van der Waals surface area contributed by atoms with Gasteiger partial charge in [-0.05, 0) is 30.3 Å². The highest BCUT2D eigenvalue weighted by Gasteiger charge is 2.33. The molecule has 2 aromatic carbocycles. The predicted molar refractivity (Wildman–Crippen MR) is 91.5 cm³/mol. The van der Waals surface area contributed by atoms with Gasteiger partial charge in [0.1, 0.15) is 6.07 Å². The first kappa shape index (κ1) is 18.4. The third kappa shape index (κ3) is 3.75. The van der Waals surface area contributed by atoms with Crippen LogP contribution in [0.1, 0.15) is 16.1 Å². The van der Waals surface area contributed by atoms with Crippen LogP contribution in [-0.4, -0.2) is 16.7 Å². The molecule has 0 radical (unpaired) electrons. The number of fused-ring (bicyclic) bond motifs is 1. The second kappa shape index (κ2) is 7.09. The largest absolute Gasteiger partial charge is 0.417 e. The Bertz CT molecular complexity index is 1100. The lowest BCUT2D eigenvalue weighted by Crippen LogP contribution is -2.15. The van der Waals surface area contributed by atoms with Crippen molar-refractivity contribution in [1.29, 1.82) is 5.26 Å². The molecule has 0 bridgehead atoms. The zero-order valence-electron chi connectivity index (χ0n) is 13.2. The summed E-state index contributed by atoms with van der Waals surface area (Å²) in [6.45, 7) is 0. The molecule has 0 amide bonds. The molecule has 1 N–H and O–H groups in total. The summed E-state index contributed by atoms with van der Waals surface area (Å²) < 4.78 is 43.6. The highest BCUT2D eigenvalue weighted by atomic mass is 35.5. The minimum Gasteiger partial charge on any atom is -0.356 e. The van der Waals surface area contributed by atoms with Crippen LogP contribution in [0.4, 0.5) is 18.9 Å². The lowest BCUT2D eigenvalue weighted by molar-refractivity contribution is -0.137. The number of carbonyl (C=O) groups is 1. The summed E-state index contributed by atoms with van der Waals surface area (Å²) in [5.41, 5.74) is 0.703. The van der Waals surface area contributed by atoms with Gasteiger partial charge < -0.3 is 4.52 Å². The molecule has 0 fully saturated rings. The molecule has 6 nitrogen and oxygen atoms in total. The van der Waals surface area contributed by atoms with Crippen molar-refractivity contribution in [3.05, 3.63) is 58.7 Å². The molecule has 3 rings (SSSR count). The van der Waals surface area contributed by atoms with Crippen molar-refractivity contribution >= 4 is 39.8 Å². The second-order valence-electron chi connectivity index (χ2n) is 5.23. The molecule has 0 unspecified atom stereocenters. The molecule has 0 aliphatic carbocycles. The number of anilines is 1. The maximum atomic E-state index is 12.9. The molecular formula is C17H8ClF3N4O2. The number of nitrogens with one attached hydrogen (secondary N) is 1. The van der Waals surface area contributed by atoms with Gasteiger partial charge in [-0.15, -0.1) is 0 Å². The third-order valence-electron chi connectivity index (χ3n) is 3.48. The van der Waals surface area contributed by atoms with Crippen molar-refractivity contribution in [2.75, 3.05) is 5.43 Å². The zero-order valence-corrected chi connectivity index (χ0v) is 14.0. The first-order valence-electron chi connectivity index (χ1n) is 7.31.